The summed E-state index contributed by atoms with van der Waals surface area (Å²) in [5, 5.41) is 2.78. The van der Waals surface area contributed by atoms with E-state index in [0.717, 1.165) is 23.1 Å². The van der Waals surface area contributed by atoms with Crippen LogP contribution in [0.15, 0.2) is 42.5 Å². The van der Waals surface area contributed by atoms with E-state index in [2.05, 4.69) is 5.32 Å². The lowest BCUT2D eigenvalue weighted by Gasteiger charge is -2.16. The molecular formula is C18H22N2O4S. The number of sulfonamides is 1. The Morgan fingerprint density at radius 3 is 2.28 bits per heavy atom. The average molecular weight is 362 g/mol. The predicted octanol–water partition coefficient (Wildman–Crippen LogP) is 2.72. The fourth-order valence-electron chi connectivity index (χ4n) is 2.11. The van der Waals surface area contributed by atoms with Crippen LogP contribution in [-0.2, 0) is 14.8 Å². The number of anilines is 2. The van der Waals surface area contributed by atoms with Crippen LogP contribution in [0.3, 0.4) is 0 Å². The van der Waals surface area contributed by atoms with Crippen LogP contribution in [0, 0.1) is 13.8 Å². The smallest absolute Gasteiger partial charge is 0.262 e. The lowest BCUT2D eigenvalue weighted by Crippen LogP contribution is -2.24. The molecule has 0 saturated carbocycles. The second-order valence-corrected chi connectivity index (χ2v) is 7.87. The van der Waals surface area contributed by atoms with Gasteiger partial charge in [-0.05, 0) is 61.4 Å². The van der Waals surface area contributed by atoms with Gasteiger partial charge in [0.2, 0.25) is 10.0 Å². The van der Waals surface area contributed by atoms with E-state index < -0.39 is 10.0 Å². The number of aryl methyl sites for hydroxylation is 2. The van der Waals surface area contributed by atoms with Crippen LogP contribution in [0.5, 0.6) is 5.75 Å². The Hall–Kier alpha value is -2.54. The van der Waals surface area contributed by atoms with Gasteiger partial charge in [0.1, 0.15) is 5.75 Å². The van der Waals surface area contributed by atoms with Crippen molar-refractivity contribution in [1.82, 2.24) is 0 Å². The van der Waals surface area contributed by atoms with Gasteiger partial charge in [0, 0.05) is 12.7 Å². The van der Waals surface area contributed by atoms with Crippen LogP contribution in [0.25, 0.3) is 0 Å². The van der Waals surface area contributed by atoms with Gasteiger partial charge in [-0.15, -0.1) is 0 Å². The van der Waals surface area contributed by atoms with Crippen LogP contribution in [0.1, 0.15) is 11.1 Å². The van der Waals surface area contributed by atoms with Crippen molar-refractivity contribution in [3.63, 3.8) is 0 Å². The van der Waals surface area contributed by atoms with Gasteiger partial charge in [-0.3, -0.25) is 9.10 Å². The predicted molar refractivity (Wildman–Crippen MR) is 99.7 cm³/mol. The van der Waals surface area contributed by atoms with E-state index in [-0.39, 0.29) is 12.5 Å². The van der Waals surface area contributed by atoms with Crippen molar-refractivity contribution in [2.75, 3.05) is 29.5 Å². The zero-order valence-electron chi connectivity index (χ0n) is 14.7. The number of nitrogens with one attached hydrogen (secondary N) is 1. The minimum absolute atomic E-state index is 0.131. The number of benzene rings is 2. The van der Waals surface area contributed by atoms with E-state index in [9.17, 15) is 13.2 Å². The van der Waals surface area contributed by atoms with Crippen molar-refractivity contribution >= 4 is 27.3 Å². The molecule has 0 bridgehead atoms. The summed E-state index contributed by atoms with van der Waals surface area (Å²) in [5.41, 5.74) is 3.51. The largest absolute Gasteiger partial charge is 0.484 e. The highest BCUT2D eigenvalue weighted by Gasteiger charge is 2.12. The lowest BCUT2D eigenvalue weighted by molar-refractivity contribution is -0.118. The molecule has 25 heavy (non-hydrogen) atoms. The highest BCUT2D eigenvalue weighted by Crippen LogP contribution is 2.20. The summed E-state index contributed by atoms with van der Waals surface area (Å²) in [6.45, 7) is 3.86. The van der Waals surface area contributed by atoms with Crippen molar-refractivity contribution < 1.29 is 17.9 Å². The Bertz CT molecular complexity index is 861. The third-order valence-corrected chi connectivity index (χ3v) is 5.06. The Morgan fingerprint density at radius 2 is 1.72 bits per heavy atom. The summed E-state index contributed by atoms with van der Waals surface area (Å²) in [6, 6.07) is 12.2. The number of carbonyl (C=O) groups is 1. The van der Waals surface area contributed by atoms with Gasteiger partial charge >= 0.3 is 0 Å². The third kappa shape index (κ3) is 5.22. The number of amides is 1. The maximum absolute atomic E-state index is 12.0. The second kappa shape index (κ2) is 7.57. The molecule has 2 aromatic carbocycles. The fraction of sp³-hybridized carbons (Fsp3) is 0.278. The quantitative estimate of drug-likeness (QED) is 0.857. The van der Waals surface area contributed by atoms with Gasteiger partial charge in [0.05, 0.1) is 11.9 Å². The number of rotatable bonds is 6. The molecule has 134 valence electrons. The molecule has 0 atom stereocenters. The molecule has 2 aromatic rings. The van der Waals surface area contributed by atoms with Crippen molar-refractivity contribution in [3.8, 4) is 5.75 Å². The monoisotopic (exact) mass is 362 g/mol. The van der Waals surface area contributed by atoms with E-state index in [4.69, 9.17) is 4.74 Å². The SMILES string of the molecule is Cc1ccc(NC(=O)COc2ccc(N(C)S(C)(=O)=O)cc2)cc1C. The van der Waals surface area contributed by atoms with Crippen LogP contribution < -0.4 is 14.4 Å². The standard InChI is InChI=1S/C18H22N2O4S/c1-13-5-6-15(11-14(13)2)19-18(21)12-24-17-9-7-16(8-10-17)20(3)25(4,22)23/h5-11H,12H2,1-4H3,(H,19,21). The summed E-state index contributed by atoms with van der Waals surface area (Å²) < 4.78 is 29.6. The Kier molecular flexibility index (Phi) is 5.69. The summed E-state index contributed by atoms with van der Waals surface area (Å²) in [7, 11) is -1.83. The van der Waals surface area contributed by atoms with Gasteiger partial charge in [-0.1, -0.05) is 6.07 Å². The second-order valence-electron chi connectivity index (χ2n) is 5.86. The number of carbonyl (C=O) groups excluding carboxylic acids is 1. The lowest BCUT2D eigenvalue weighted by atomic mass is 10.1. The van der Waals surface area contributed by atoms with Crippen molar-refractivity contribution in [1.29, 1.82) is 0 Å². The topological polar surface area (TPSA) is 75.7 Å². The first-order chi connectivity index (χ1) is 11.7. The zero-order valence-corrected chi connectivity index (χ0v) is 15.6. The van der Waals surface area contributed by atoms with Crippen molar-refractivity contribution in [2.45, 2.75) is 13.8 Å². The summed E-state index contributed by atoms with van der Waals surface area (Å²) in [6.07, 6.45) is 1.13. The summed E-state index contributed by atoms with van der Waals surface area (Å²) in [4.78, 5) is 12.0. The number of hydrogen-bond donors (Lipinski definition) is 1. The summed E-state index contributed by atoms with van der Waals surface area (Å²) in [5.74, 6) is 0.224. The minimum atomic E-state index is -3.31. The van der Waals surface area contributed by atoms with Gasteiger partial charge in [-0.25, -0.2) is 8.42 Å². The summed E-state index contributed by atoms with van der Waals surface area (Å²) >= 11 is 0. The first-order valence-electron chi connectivity index (χ1n) is 7.70. The molecule has 7 heteroatoms. The van der Waals surface area contributed by atoms with E-state index in [1.807, 2.05) is 32.0 Å². The van der Waals surface area contributed by atoms with Crippen LogP contribution in [0.4, 0.5) is 11.4 Å². The van der Waals surface area contributed by atoms with E-state index in [1.165, 1.54) is 11.4 Å². The van der Waals surface area contributed by atoms with Gasteiger partial charge in [0.15, 0.2) is 6.61 Å². The third-order valence-electron chi connectivity index (χ3n) is 3.86. The number of ether oxygens (including phenoxy) is 1. The van der Waals surface area contributed by atoms with Crippen LogP contribution in [-0.4, -0.2) is 34.2 Å². The molecule has 0 aliphatic heterocycles. The molecule has 0 saturated heterocycles. The first-order valence-corrected chi connectivity index (χ1v) is 9.55. The molecule has 1 amide bonds. The average Bonchev–Trinajstić information content (AvgIpc) is 2.55. The Morgan fingerprint density at radius 1 is 1.08 bits per heavy atom. The molecule has 0 spiro atoms. The van der Waals surface area contributed by atoms with Gasteiger partial charge in [-0.2, -0.15) is 0 Å². The van der Waals surface area contributed by atoms with Crippen molar-refractivity contribution in [3.05, 3.63) is 53.6 Å². The molecule has 0 aliphatic rings. The fourth-order valence-corrected chi connectivity index (χ4v) is 2.61. The molecule has 1 N–H and O–H groups in total. The normalized spacial score (nSPS) is 11.0. The Balaban J connectivity index is 1.92. The van der Waals surface area contributed by atoms with E-state index >= 15 is 0 Å². The highest BCUT2D eigenvalue weighted by molar-refractivity contribution is 7.92. The zero-order chi connectivity index (χ0) is 18.6. The van der Waals surface area contributed by atoms with Crippen molar-refractivity contribution in [2.24, 2.45) is 0 Å². The van der Waals surface area contributed by atoms with Gasteiger partial charge < -0.3 is 10.1 Å². The maximum Gasteiger partial charge on any atom is 0.262 e. The highest BCUT2D eigenvalue weighted by atomic mass is 32.2. The number of hydrogen-bond acceptors (Lipinski definition) is 4. The van der Waals surface area contributed by atoms with Crippen LogP contribution >= 0.6 is 0 Å². The van der Waals surface area contributed by atoms with Crippen LogP contribution in [0.2, 0.25) is 0 Å². The molecule has 2 rings (SSSR count). The van der Waals surface area contributed by atoms with E-state index in [1.54, 1.807) is 24.3 Å². The molecule has 0 aliphatic carbocycles. The Labute approximate surface area is 148 Å². The van der Waals surface area contributed by atoms with Gasteiger partial charge in [0.25, 0.3) is 5.91 Å². The molecular weight excluding hydrogens is 340 g/mol. The maximum atomic E-state index is 12.0. The molecule has 0 fully saturated rings. The molecule has 0 heterocycles. The first kappa shape index (κ1) is 18.8. The molecule has 0 radical (unpaired) electrons. The molecule has 0 aromatic heterocycles. The molecule has 6 nitrogen and oxygen atoms in total. The number of nitrogens with zero attached hydrogens (tertiary/aromatic N) is 1. The van der Waals surface area contributed by atoms with E-state index in [0.29, 0.717) is 11.4 Å². The molecule has 0 unspecified atom stereocenters. The minimum Gasteiger partial charge on any atom is -0.484 e.